The van der Waals surface area contributed by atoms with Gasteiger partial charge in [0.1, 0.15) is 11.9 Å². The van der Waals surface area contributed by atoms with E-state index in [4.69, 9.17) is 10.5 Å². The maximum Gasteiger partial charge on any atom is 0.254 e. The van der Waals surface area contributed by atoms with Gasteiger partial charge in [0.05, 0.1) is 11.8 Å². The Morgan fingerprint density at radius 2 is 2.09 bits per heavy atom. The highest BCUT2D eigenvalue weighted by Gasteiger charge is 2.30. The molecule has 2 atom stereocenters. The fourth-order valence-corrected chi connectivity index (χ4v) is 3.48. The minimum absolute atomic E-state index is 0. The highest BCUT2D eigenvalue weighted by Crippen LogP contribution is 2.33. The lowest BCUT2D eigenvalue weighted by molar-refractivity contribution is -0.126. The maximum absolute atomic E-state index is 12.3. The first-order valence-electron chi connectivity index (χ1n) is 8.37. The predicted molar refractivity (Wildman–Crippen MR) is 91.9 cm³/mol. The smallest absolute Gasteiger partial charge is 0.254 e. The van der Waals surface area contributed by atoms with E-state index in [9.17, 15) is 4.79 Å². The van der Waals surface area contributed by atoms with Crippen molar-refractivity contribution in [3.63, 3.8) is 0 Å². The zero-order valence-electron chi connectivity index (χ0n) is 13.7. The van der Waals surface area contributed by atoms with Crippen molar-refractivity contribution in [2.45, 2.75) is 63.1 Å². The Hall–Kier alpha value is -1.11. The summed E-state index contributed by atoms with van der Waals surface area (Å²) in [6, 6.07) is 2.02. The number of carbonyl (C=O) groups excluding carboxylic acids is 1. The van der Waals surface area contributed by atoms with E-state index < -0.39 is 0 Å². The van der Waals surface area contributed by atoms with E-state index in [2.05, 4.69) is 10.4 Å². The SMILES string of the molecule is Cl.Cn1nc(C2CCCCC2)cc1NC(=O)[C@@H]1CC[C@H](CN)O1. The topological polar surface area (TPSA) is 82.2 Å². The molecule has 0 unspecified atom stereocenters. The highest BCUT2D eigenvalue weighted by molar-refractivity contribution is 5.93. The molecule has 0 bridgehead atoms. The van der Waals surface area contributed by atoms with E-state index >= 15 is 0 Å². The van der Waals surface area contributed by atoms with Gasteiger partial charge in [0.25, 0.3) is 5.91 Å². The maximum atomic E-state index is 12.3. The van der Waals surface area contributed by atoms with Gasteiger partial charge in [0, 0.05) is 25.6 Å². The van der Waals surface area contributed by atoms with Crippen molar-refractivity contribution in [3.8, 4) is 0 Å². The lowest BCUT2D eigenvalue weighted by atomic mass is 9.87. The quantitative estimate of drug-likeness (QED) is 0.879. The van der Waals surface area contributed by atoms with Gasteiger partial charge in [0.15, 0.2) is 0 Å². The molecule has 0 aromatic carbocycles. The average Bonchev–Trinajstić information content (AvgIpc) is 3.15. The van der Waals surface area contributed by atoms with Gasteiger partial charge >= 0.3 is 0 Å². The Morgan fingerprint density at radius 1 is 1.35 bits per heavy atom. The van der Waals surface area contributed by atoms with Gasteiger partial charge in [-0.1, -0.05) is 19.3 Å². The van der Waals surface area contributed by atoms with Crippen LogP contribution in [0.2, 0.25) is 0 Å². The molecule has 7 heteroatoms. The van der Waals surface area contributed by atoms with Crippen molar-refractivity contribution < 1.29 is 9.53 Å². The second-order valence-corrected chi connectivity index (χ2v) is 6.46. The number of halogens is 1. The number of amides is 1. The lowest BCUT2D eigenvalue weighted by Crippen LogP contribution is -2.30. The molecule has 1 saturated carbocycles. The molecule has 23 heavy (non-hydrogen) atoms. The molecule has 3 rings (SSSR count). The van der Waals surface area contributed by atoms with E-state index in [1.54, 1.807) is 4.68 Å². The molecule has 1 aromatic heterocycles. The van der Waals surface area contributed by atoms with E-state index in [0.717, 1.165) is 24.4 Å². The van der Waals surface area contributed by atoms with Gasteiger partial charge in [-0.05, 0) is 25.7 Å². The monoisotopic (exact) mass is 342 g/mol. The molecule has 0 spiro atoms. The standard InChI is InChI=1S/C16H26N4O2.ClH/c1-20-15(9-13(19-20)11-5-3-2-4-6-11)18-16(21)14-8-7-12(10-17)22-14;/h9,11-12,14H,2-8,10,17H2,1H3,(H,18,21);1H/t12-,14+;/m1./s1. The Balaban J connectivity index is 0.00000192. The molecular weight excluding hydrogens is 316 g/mol. The number of anilines is 1. The van der Waals surface area contributed by atoms with Crippen LogP contribution in [-0.2, 0) is 16.6 Å². The zero-order chi connectivity index (χ0) is 15.5. The summed E-state index contributed by atoms with van der Waals surface area (Å²) in [5.41, 5.74) is 6.69. The van der Waals surface area contributed by atoms with Crippen molar-refractivity contribution in [2.24, 2.45) is 12.8 Å². The molecule has 2 heterocycles. The van der Waals surface area contributed by atoms with Crippen molar-refractivity contribution in [3.05, 3.63) is 11.8 Å². The molecule has 1 saturated heterocycles. The van der Waals surface area contributed by atoms with Crippen LogP contribution in [0.5, 0.6) is 0 Å². The lowest BCUT2D eigenvalue weighted by Gasteiger charge is -2.19. The third-order valence-electron chi connectivity index (χ3n) is 4.84. The minimum atomic E-state index is -0.387. The summed E-state index contributed by atoms with van der Waals surface area (Å²) in [4.78, 5) is 12.3. The summed E-state index contributed by atoms with van der Waals surface area (Å²) in [6.45, 7) is 0.474. The van der Waals surface area contributed by atoms with Crippen LogP contribution in [-0.4, -0.2) is 34.4 Å². The average molecular weight is 343 g/mol. The first-order chi connectivity index (χ1) is 10.7. The molecule has 1 aromatic rings. The van der Waals surface area contributed by atoms with Crippen LogP contribution < -0.4 is 11.1 Å². The van der Waals surface area contributed by atoms with Gasteiger partial charge in [-0.15, -0.1) is 12.4 Å². The first-order valence-corrected chi connectivity index (χ1v) is 8.37. The number of carbonyl (C=O) groups is 1. The summed E-state index contributed by atoms with van der Waals surface area (Å²) in [6.07, 6.45) is 7.51. The Bertz CT molecular complexity index is 528. The van der Waals surface area contributed by atoms with E-state index in [1.807, 2.05) is 13.1 Å². The molecule has 1 aliphatic carbocycles. The molecule has 2 fully saturated rings. The molecule has 3 N–H and O–H groups in total. The number of aromatic nitrogens is 2. The van der Waals surface area contributed by atoms with Crippen molar-refractivity contribution in [2.75, 3.05) is 11.9 Å². The van der Waals surface area contributed by atoms with Gasteiger partial charge in [-0.2, -0.15) is 5.10 Å². The van der Waals surface area contributed by atoms with Crippen molar-refractivity contribution >= 4 is 24.1 Å². The molecule has 1 aliphatic heterocycles. The number of hydrogen-bond donors (Lipinski definition) is 2. The second kappa shape index (κ2) is 8.13. The normalized spacial score (nSPS) is 25.1. The molecule has 2 aliphatic rings. The molecule has 1 amide bonds. The van der Waals surface area contributed by atoms with Crippen molar-refractivity contribution in [1.82, 2.24) is 9.78 Å². The van der Waals surface area contributed by atoms with E-state index in [-0.39, 0.29) is 30.5 Å². The number of rotatable bonds is 4. The Morgan fingerprint density at radius 3 is 2.74 bits per heavy atom. The van der Waals surface area contributed by atoms with Crippen LogP contribution in [0.1, 0.15) is 56.6 Å². The minimum Gasteiger partial charge on any atom is -0.364 e. The summed E-state index contributed by atoms with van der Waals surface area (Å²) in [5.74, 6) is 1.20. The van der Waals surface area contributed by atoms with Crippen LogP contribution in [0.25, 0.3) is 0 Å². The second-order valence-electron chi connectivity index (χ2n) is 6.46. The summed E-state index contributed by atoms with van der Waals surface area (Å²) < 4.78 is 7.40. The number of nitrogens with one attached hydrogen (secondary N) is 1. The number of hydrogen-bond acceptors (Lipinski definition) is 4. The third-order valence-corrected chi connectivity index (χ3v) is 4.84. The molecular formula is C16H27ClN4O2. The van der Waals surface area contributed by atoms with Gasteiger partial charge in [-0.25, -0.2) is 0 Å². The van der Waals surface area contributed by atoms with Crippen molar-refractivity contribution in [1.29, 1.82) is 0 Å². The Labute approximate surface area is 143 Å². The van der Waals surface area contributed by atoms with E-state index in [1.165, 1.54) is 32.1 Å². The van der Waals surface area contributed by atoms with Crippen LogP contribution in [0, 0.1) is 0 Å². The zero-order valence-corrected chi connectivity index (χ0v) is 14.5. The fourth-order valence-electron chi connectivity index (χ4n) is 3.48. The third kappa shape index (κ3) is 4.25. The summed E-state index contributed by atoms with van der Waals surface area (Å²) >= 11 is 0. The Kier molecular flexibility index (Phi) is 6.44. The van der Waals surface area contributed by atoms with Gasteiger partial charge < -0.3 is 15.8 Å². The number of ether oxygens (including phenoxy) is 1. The largest absolute Gasteiger partial charge is 0.364 e. The number of nitrogens with zero attached hydrogens (tertiary/aromatic N) is 2. The van der Waals surface area contributed by atoms with Crippen LogP contribution >= 0.6 is 12.4 Å². The molecule has 0 radical (unpaired) electrons. The van der Waals surface area contributed by atoms with Gasteiger partial charge in [0.2, 0.25) is 0 Å². The van der Waals surface area contributed by atoms with Crippen LogP contribution in [0.4, 0.5) is 5.82 Å². The molecule has 6 nitrogen and oxygen atoms in total. The van der Waals surface area contributed by atoms with Crippen LogP contribution in [0.3, 0.4) is 0 Å². The highest BCUT2D eigenvalue weighted by atomic mass is 35.5. The number of aryl methyl sites for hydroxylation is 1. The number of nitrogens with two attached hydrogens (primary N) is 1. The predicted octanol–water partition coefficient (Wildman–Crippen LogP) is 2.33. The first kappa shape index (κ1) is 18.2. The van der Waals surface area contributed by atoms with E-state index in [0.29, 0.717) is 12.5 Å². The fraction of sp³-hybridized carbons (Fsp3) is 0.750. The van der Waals surface area contributed by atoms with Gasteiger partial charge in [-0.3, -0.25) is 9.48 Å². The molecule has 130 valence electrons. The van der Waals surface area contributed by atoms with Crippen LogP contribution in [0.15, 0.2) is 6.07 Å². The summed E-state index contributed by atoms with van der Waals surface area (Å²) in [7, 11) is 1.88. The summed E-state index contributed by atoms with van der Waals surface area (Å²) in [5, 5.41) is 7.54.